The molecule has 1 aliphatic rings. The van der Waals surface area contributed by atoms with Gasteiger partial charge in [-0.2, -0.15) is 5.10 Å². The highest BCUT2D eigenvalue weighted by atomic mass is 32.2. The highest BCUT2D eigenvalue weighted by Crippen LogP contribution is 2.27. The van der Waals surface area contributed by atoms with Crippen molar-refractivity contribution in [2.45, 2.75) is 19.4 Å². The number of benzene rings is 1. The van der Waals surface area contributed by atoms with Gasteiger partial charge in [0.2, 0.25) is 0 Å². The summed E-state index contributed by atoms with van der Waals surface area (Å²) in [5, 5.41) is 8.29. The van der Waals surface area contributed by atoms with E-state index in [1.807, 2.05) is 48.9 Å². The lowest BCUT2D eigenvalue weighted by atomic mass is 10.2. The quantitative estimate of drug-likeness (QED) is 0.764. The molecule has 1 amide bonds. The summed E-state index contributed by atoms with van der Waals surface area (Å²) in [5.41, 5.74) is 2.25. The molecule has 1 atom stereocenters. The Morgan fingerprint density at radius 3 is 2.73 bits per heavy atom. The Bertz CT molecular complexity index is 1110. The van der Waals surface area contributed by atoms with Crippen molar-refractivity contribution in [1.29, 1.82) is 0 Å². The third kappa shape index (κ3) is 2.90. The Morgan fingerprint density at radius 2 is 2.04 bits per heavy atom. The number of aryl methyl sites for hydroxylation is 2. The summed E-state index contributed by atoms with van der Waals surface area (Å²) in [5.74, 6) is 0.503. The molecule has 0 radical (unpaired) electrons. The lowest BCUT2D eigenvalue weighted by Gasteiger charge is -2.14. The first-order chi connectivity index (χ1) is 12.3. The summed E-state index contributed by atoms with van der Waals surface area (Å²) in [6, 6.07) is 11.2. The zero-order chi connectivity index (χ0) is 18.5. The minimum atomic E-state index is -3.03. The molecule has 1 unspecified atom stereocenters. The van der Waals surface area contributed by atoms with Gasteiger partial charge in [0.25, 0.3) is 5.91 Å². The van der Waals surface area contributed by atoms with Gasteiger partial charge in [-0.05, 0) is 25.5 Å². The van der Waals surface area contributed by atoms with Gasteiger partial charge in [0.15, 0.2) is 9.84 Å². The number of hydrogen-bond donors (Lipinski definition) is 1. The maximum absolute atomic E-state index is 12.8. The van der Waals surface area contributed by atoms with Crippen LogP contribution in [0.25, 0.3) is 10.9 Å². The Balaban J connectivity index is 1.65. The molecule has 0 saturated carbocycles. The first-order valence-electron chi connectivity index (χ1n) is 8.46. The van der Waals surface area contributed by atoms with Gasteiger partial charge < -0.3 is 9.88 Å². The van der Waals surface area contributed by atoms with E-state index in [4.69, 9.17) is 0 Å². The van der Waals surface area contributed by atoms with E-state index < -0.39 is 9.84 Å². The van der Waals surface area contributed by atoms with E-state index in [2.05, 4.69) is 10.4 Å². The average molecular weight is 372 g/mol. The molecule has 1 N–H and O–H groups in total. The third-order valence-electron chi connectivity index (χ3n) is 4.84. The van der Waals surface area contributed by atoms with Gasteiger partial charge in [-0.25, -0.2) is 13.1 Å². The lowest BCUT2D eigenvalue weighted by Crippen LogP contribution is -2.21. The van der Waals surface area contributed by atoms with Crippen molar-refractivity contribution >= 4 is 32.5 Å². The Labute approximate surface area is 151 Å². The normalized spacial score (nSPS) is 19.1. The summed E-state index contributed by atoms with van der Waals surface area (Å²) >= 11 is 0. The van der Waals surface area contributed by atoms with Crippen LogP contribution in [-0.2, 0) is 16.9 Å². The van der Waals surface area contributed by atoms with Crippen LogP contribution in [0.4, 0.5) is 5.82 Å². The topological polar surface area (TPSA) is 86.0 Å². The zero-order valence-corrected chi connectivity index (χ0v) is 15.5. The van der Waals surface area contributed by atoms with Crippen molar-refractivity contribution in [3.63, 3.8) is 0 Å². The van der Waals surface area contributed by atoms with Crippen LogP contribution in [0.1, 0.15) is 28.6 Å². The lowest BCUT2D eigenvalue weighted by molar-refractivity contribution is 0.101. The second kappa shape index (κ2) is 5.98. The number of anilines is 1. The third-order valence-corrected chi connectivity index (χ3v) is 6.59. The number of nitrogens with one attached hydrogen (secondary N) is 1. The van der Waals surface area contributed by atoms with Crippen molar-refractivity contribution in [3.8, 4) is 0 Å². The molecular formula is C18H20N4O3S. The molecular weight excluding hydrogens is 352 g/mol. The molecule has 0 aliphatic carbocycles. The maximum atomic E-state index is 12.8. The van der Waals surface area contributed by atoms with Crippen LogP contribution in [0, 0.1) is 6.92 Å². The Kier molecular flexibility index (Phi) is 3.87. The summed E-state index contributed by atoms with van der Waals surface area (Å²) in [7, 11) is -1.18. The molecule has 1 saturated heterocycles. The fourth-order valence-corrected chi connectivity index (χ4v) is 5.24. The molecule has 26 heavy (non-hydrogen) atoms. The van der Waals surface area contributed by atoms with Gasteiger partial charge in [-0.1, -0.05) is 18.2 Å². The number of hydrogen-bond acceptors (Lipinski definition) is 4. The molecule has 0 bridgehead atoms. The van der Waals surface area contributed by atoms with E-state index in [9.17, 15) is 13.2 Å². The Hall–Kier alpha value is -2.61. The van der Waals surface area contributed by atoms with E-state index in [-0.39, 0.29) is 23.5 Å². The van der Waals surface area contributed by atoms with Crippen LogP contribution >= 0.6 is 0 Å². The van der Waals surface area contributed by atoms with Gasteiger partial charge in [0.1, 0.15) is 11.5 Å². The largest absolute Gasteiger partial charge is 0.340 e. The first-order valence-corrected chi connectivity index (χ1v) is 10.3. The maximum Gasteiger partial charge on any atom is 0.273 e. The monoisotopic (exact) mass is 372 g/mol. The molecule has 4 rings (SSSR count). The second-order valence-corrected chi connectivity index (χ2v) is 9.00. The highest BCUT2D eigenvalue weighted by molar-refractivity contribution is 7.91. The van der Waals surface area contributed by atoms with Gasteiger partial charge in [-0.15, -0.1) is 0 Å². The summed E-state index contributed by atoms with van der Waals surface area (Å²) in [6.07, 6.45) is 0.514. The predicted octanol–water partition coefficient (Wildman–Crippen LogP) is 2.30. The van der Waals surface area contributed by atoms with Gasteiger partial charge in [0, 0.05) is 24.0 Å². The Morgan fingerprint density at radius 1 is 1.27 bits per heavy atom. The standard InChI is InChI=1S/C18H20N4O3S/c1-12-9-17(22(20-12)14-7-8-26(24,25)11-14)19-18(23)16-10-13-5-3-4-6-15(13)21(16)2/h3-6,9-10,14H,7-8,11H2,1-2H3,(H,19,23). The van der Waals surface area contributed by atoms with Crippen molar-refractivity contribution < 1.29 is 13.2 Å². The van der Waals surface area contributed by atoms with E-state index in [0.717, 1.165) is 16.6 Å². The highest BCUT2D eigenvalue weighted by Gasteiger charge is 2.31. The van der Waals surface area contributed by atoms with Crippen LogP contribution in [0.2, 0.25) is 0 Å². The molecule has 3 heterocycles. The van der Waals surface area contributed by atoms with Crippen LogP contribution in [0.5, 0.6) is 0 Å². The fourth-order valence-electron chi connectivity index (χ4n) is 3.54. The molecule has 8 heteroatoms. The number of rotatable bonds is 3. The SMILES string of the molecule is Cc1cc(NC(=O)c2cc3ccccc3n2C)n(C2CCS(=O)(=O)C2)n1. The van der Waals surface area contributed by atoms with Crippen LogP contribution in [0.15, 0.2) is 36.4 Å². The number of amides is 1. The van der Waals surface area contributed by atoms with E-state index >= 15 is 0 Å². The number of nitrogens with zero attached hydrogens (tertiary/aromatic N) is 3. The fraction of sp³-hybridized carbons (Fsp3) is 0.333. The summed E-state index contributed by atoms with van der Waals surface area (Å²) < 4.78 is 27.1. The number of para-hydroxylation sites is 1. The summed E-state index contributed by atoms with van der Waals surface area (Å²) in [6.45, 7) is 1.83. The molecule has 3 aromatic rings. The number of carbonyl (C=O) groups is 1. The number of sulfone groups is 1. The number of fused-ring (bicyclic) bond motifs is 1. The first kappa shape index (κ1) is 16.8. The smallest absolute Gasteiger partial charge is 0.273 e. The van der Waals surface area contributed by atoms with Gasteiger partial charge >= 0.3 is 0 Å². The van der Waals surface area contributed by atoms with Crippen molar-refractivity contribution in [2.75, 3.05) is 16.8 Å². The van der Waals surface area contributed by atoms with Crippen LogP contribution in [-0.4, -0.2) is 40.2 Å². The average Bonchev–Trinajstić information content (AvgIpc) is 3.23. The van der Waals surface area contributed by atoms with Crippen LogP contribution in [0.3, 0.4) is 0 Å². The predicted molar refractivity (Wildman–Crippen MR) is 100 cm³/mol. The molecule has 2 aromatic heterocycles. The van der Waals surface area contributed by atoms with Crippen molar-refractivity contribution in [1.82, 2.24) is 14.3 Å². The molecule has 1 aromatic carbocycles. The van der Waals surface area contributed by atoms with Crippen molar-refractivity contribution in [3.05, 3.63) is 47.8 Å². The molecule has 136 valence electrons. The minimum Gasteiger partial charge on any atom is -0.340 e. The molecule has 7 nitrogen and oxygen atoms in total. The van der Waals surface area contributed by atoms with E-state index in [1.165, 1.54) is 0 Å². The molecule has 1 aliphatic heterocycles. The van der Waals surface area contributed by atoms with E-state index in [0.29, 0.717) is 17.9 Å². The second-order valence-electron chi connectivity index (χ2n) is 6.77. The van der Waals surface area contributed by atoms with E-state index in [1.54, 1.807) is 10.7 Å². The summed E-state index contributed by atoms with van der Waals surface area (Å²) in [4.78, 5) is 12.8. The van der Waals surface area contributed by atoms with Gasteiger partial charge in [0.05, 0.1) is 23.2 Å². The van der Waals surface area contributed by atoms with Crippen molar-refractivity contribution in [2.24, 2.45) is 7.05 Å². The number of aromatic nitrogens is 3. The number of carbonyl (C=O) groups excluding carboxylic acids is 1. The van der Waals surface area contributed by atoms with Gasteiger partial charge in [-0.3, -0.25) is 4.79 Å². The van der Waals surface area contributed by atoms with Crippen LogP contribution < -0.4 is 5.32 Å². The molecule has 1 fully saturated rings. The zero-order valence-electron chi connectivity index (χ0n) is 14.6. The minimum absolute atomic E-state index is 0.0605. The molecule has 0 spiro atoms.